The van der Waals surface area contributed by atoms with Crippen molar-refractivity contribution in [1.29, 1.82) is 0 Å². The molecule has 2 aromatic carbocycles. The van der Waals surface area contributed by atoms with E-state index >= 15 is 0 Å². The maximum atomic E-state index is 5.63. The summed E-state index contributed by atoms with van der Waals surface area (Å²) in [5, 5.41) is 0. The number of hydrogen-bond donors (Lipinski definition) is 0. The molecule has 1 aliphatic heterocycles. The highest BCUT2D eigenvalue weighted by Gasteiger charge is 2.38. The number of rotatable bonds is 8. The van der Waals surface area contributed by atoms with Gasteiger partial charge in [-0.05, 0) is 61.7 Å². The highest BCUT2D eigenvalue weighted by molar-refractivity contribution is 5.59. The van der Waals surface area contributed by atoms with Crippen LogP contribution in [0.15, 0.2) is 73.1 Å². The molecule has 4 rings (SSSR count). The first-order valence-electron chi connectivity index (χ1n) is 11.4. The van der Waals surface area contributed by atoms with Crippen LogP contribution in [0.1, 0.15) is 25.3 Å². The van der Waals surface area contributed by atoms with Crippen LogP contribution in [0.5, 0.6) is 11.5 Å². The molecule has 0 aliphatic carbocycles. The summed E-state index contributed by atoms with van der Waals surface area (Å²) in [4.78, 5) is 9.26. The molecule has 5 nitrogen and oxygen atoms in total. The highest BCUT2D eigenvalue weighted by atomic mass is 16.5. The third-order valence-corrected chi connectivity index (χ3v) is 6.71. The number of piperidine rings is 1. The van der Waals surface area contributed by atoms with Crippen molar-refractivity contribution in [3.63, 3.8) is 0 Å². The number of hydrogen-bond acceptors (Lipinski definition) is 5. The van der Waals surface area contributed by atoms with E-state index in [1.807, 2.05) is 36.7 Å². The van der Waals surface area contributed by atoms with Crippen LogP contribution in [0.4, 0.5) is 11.4 Å². The van der Waals surface area contributed by atoms with Gasteiger partial charge in [-0.1, -0.05) is 24.3 Å². The minimum atomic E-state index is 0.0267. The Kier molecular flexibility index (Phi) is 6.84. The first-order chi connectivity index (χ1) is 15.7. The van der Waals surface area contributed by atoms with Gasteiger partial charge in [-0.2, -0.15) is 0 Å². The quantitative estimate of drug-likeness (QED) is 0.492. The van der Waals surface area contributed by atoms with Crippen molar-refractivity contribution in [1.82, 2.24) is 4.98 Å². The summed E-state index contributed by atoms with van der Waals surface area (Å²) in [6.45, 7) is 6.05. The summed E-state index contributed by atoms with van der Waals surface area (Å²) in [7, 11) is 3.49. The number of ether oxygens (including phenoxy) is 2. The third-order valence-electron chi connectivity index (χ3n) is 6.71. The fourth-order valence-corrected chi connectivity index (χ4v) is 4.85. The topological polar surface area (TPSA) is 37.8 Å². The number of benzene rings is 2. The molecular weight excluding hydrogens is 398 g/mol. The predicted molar refractivity (Wildman–Crippen MR) is 131 cm³/mol. The monoisotopic (exact) mass is 431 g/mol. The third kappa shape index (κ3) is 4.52. The number of methoxy groups -OCH3 is 2. The van der Waals surface area contributed by atoms with Crippen molar-refractivity contribution in [3.05, 3.63) is 78.6 Å². The first-order valence-corrected chi connectivity index (χ1v) is 11.4. The summed E-state index contributed by atoms with van der Waals surface area (Å²) in [6, 6.07) is 21.1. The lowest BCUT2D eigenvalue weighted by atomic mass is 9.72. The Balaban J connectivity index is 1.65. The average Bonchev–Trinajstić information content (AvgIpc) is 2.88. The molecule has 0 N–H and O–H groups in total. The largest absolute Gasteiger partial charge is 0.497 e. The van der Waals surface area contributed by atoms with Gasteiger partial charge in [0.25, 0.3) is 0 Å². The molecule has 0 amide bonds. The molecule has 2 heterocycles. The van der Waals surface area contributed by atoms with E-state index in [2.05, 4.69) is 58.1 Å². The van der Waals surface area contributed by atoms with E-state index in [-0.39, 0.29) is 5.41 Å². The number of aromatic nitrogens is 1. The Morgan fingerprint density at radius 3 is 2.47 bits per heavy atom. The molecule has 5 heteroatoms. The van der Waals surface area contributed by atoms with E-state index in [0.29, 0.717) is 0 Å². The summed E-state index contributed by atoms with van der Waals surface area (Å²) in [5.41, 5.74) is 3.72. The molecule has 32 heavy (non-hydrogen) atoms. The predicted octanol–water partition coefficient (Wildman–Crippen LogP) is 5.16. The van der Waals surface area contributed by atoms with Crippen LogP contribution >= 0.6 is 0 Å². The van der Waals surface area contributed by atoms with Crippen LogP contribution in [0.25, 0.3) is 0 Å². The van der Waals surface area contributed by atoms with Gasteiger partial charge in [-0.3, -0.25) is 4.98 Å². The molecule has 1 fully saturated rings. The Labute approximate surface area is 191 Å². The van der Waals surface area contributed by atoms with Crippen LogP contribution < -0.4 is 19.3 Å². The zero-order valence-electron chi connectivity index (χ0n) is 19.3. The molecule has 3 aromatic rings. The van der Waals surface area contributed by atoms with Gasteiger partial charge in [0.2, 0.25) is 0 Å². The standard InChI is InChI=1S/C27H33N3O2/c1-4-29(23-10-8-16-28-20-23)21-27(22-9-7-11-24(19-22)31-2)14-17-30(18-15-27)25-12-5-6-13-26(25)32-3/h5-13,16,19-20H,4,14-15,17-18,21H2,1-3H3. The average molecular weight is 432 g/mol. The molecule has 0 atom stereocenters. The van der Waals surface area contributed by atoms with Crippen molar-refractivity contribution < 1.29 is 9.47 Å². The van der Waals surface area contributed by atoms with Gasteiger partial charge >= 0.3 is 0 Å². The van der Waals surface area contributed by atoms with Gasteiger partial charge in [0.1, 0.15) is 11.5 Å². The summed E-state index contributed by atoms with van der Waals surface area (Å²) in [6.07, 6.45) is 5.90. The van der Waals surface area contributed by atoms with Crippen molar-refractivity contribution in [2.75, 3.05) is 50.2 Å². The van der Waals surface area contributed by atoms with E-state index in [1.54, 1.807) is 14.2 Å². The molecule has 1 aromatic heterocycles. The van der Waals surface area contributed by atoms with Crippen LogP contribution in [-0.4, -0.2) is 45.4 Å². The molecule has 0 bridgehead atoms. The second-order valence-electron chi connectivity index (χ2n) is 8.40. The molecule has 1 saturated heterocycles. The summed E-state index contributed by atoms with van der Waals surface area (Å²) in [5.74, 6) is 1.85. The number of para-hydroxylation sites is 2. The van der Waals surface area contributed by atoms with Crippen LogP contribution in [0, 0.1) is 0 Å². The van der Waals surface area contributed by atoms with Gasteiger partial charge < -0.3 is 19.3 Å². The Morgan fingerprint density at radius 2 is 1.78 bits per heavy atom. The Bertz CT molecular complexity index is 1000. The van der Waals surface area contributed by atoms with E-state index in [0.717, 1.165) is 50.5 Å². The van der Waals surface area contributed by atoms with Crippen molar-refractivity contribution >= 4 is 11.4 Å². The number of likely N-dealkylation sites (N-methyl/N-ethyl adjacent to an activating group) is 1. The minimum absolute atomic E-state index is 0.0267. The molecular formula is C27H33N3O2. The fraction of sp³-hybridized carbons (Fsp3) is 0.370. The lowest BCUT2D eigenvalue weighted by molar-refractivity contribution is 0.327. The molecule has 0 saturated carbocycles. The van der Waals surface area contributed by atoms with Gasteiger partial charge in [0.15, 0.2) is 0 Å². The van der Waals surface area contributed by atoms with Gasteiger partial charge in [-0.25, -0.2) is 0 Å². The smallest absolute Gasteiger partial charge is 0.142 e. The maximum Gasteiger partial charge on any atom is 0.142 e. The second kappa shape index (κ2) is 9.94. The highest BCUT2D eigenvalue weighted by Crippen LogP contribution is 2.41. The van der Waals surface area contributed by atoms with E-state index in [1.165, 1.54) is 16.9 Å². The fourth-order valence-electron chi connectivity index (χ4n) is 4.85. The maximum absolute atomic E-state index is 5.63. The number of nitrogens with zero attached hydrogens (tertiary/aromatic N) is 3. The second-order valence-corrected chi connectivity index (χ2v) is 8.40. The van der Waals surface area contributed by atoms with Crippen molar-refractivity contribution in [3.8, 4) is 11.5 Å². The first kappa shape index (κ1) is 22.0. The van der Waals surface area contributed by atoms with Gasteiger partial charge in [0, 0.05) is 37.8 Å². The van der Waals surface area contributed by atoms with Crippen LogP contribution in [-0.2, 0) is 5.41 Å². The zero-order chi connectivity index (χ0) is 22.4. The molecule has 0 unspecified atom stereocenters. The normalized spacial score (nSPS) is 15.3. The lowest BCUT2D eigenvalue weighted by Gasteiger charge is -2.46. The molecule has 168 valence electrons. The van der Waals surface area contributed by atoms with Crippen LogP contribution in [0.2, 0.25) is 0 Å². The minimum Gasteiger partial charge on any atom is -0.497 e. The van der Waals surface area contributed by atoms with E-state index < -0.39 is 0 Å². The summed E-state index contributed by atoms with van der Waals surface area (Å²) >= 11 is 0. The number of anilines is 2. The molecule has 0 spiro atoms. The zero-order valence-corrected chi connectivity index (χ0v) is 19.3. The van der Waals surface area contributed by atoms with E-state index in [9.17, 15) is 0 Å². The molecule has 0 radical (unpaired) electrons. The summed E-state index contributed by atoms with van der Waals surface area (Å²) < 4.78 is 11.2. The Morgan fingerprint density at radius 1 is 0.969 bits per heavy atom. The SMILES string of the molecule is CCN(CC1(c2cccc(OC)c2)CCN(c2ccccc2OC)CC1)c1cccnc1. The van der Waals surface area contributed by atoms with E-state index in [4.69, 9.17) is 9.47 Å². The number of pyridine rings is 1. The van der Waals surface area contributed by atoms with Crippen LogP contribution in [0.3, 0.4) is 0 Å². The lowest BCUT2D eigenvalue weighted by Crippen LogP contribution is -2.49. The van der Waals surface area contributed by atoms with Crippen molar-refractivity contribution in [2.24, 2.45) is 0 Å². The van der Waals surface area contributed by atoms with Gasteiger partial charge in [0.05, 0.1) is 31.8 Å². The molecule has 1 aliphatic rings. The van der Waals surface area contributed by atoms with Crippen molar-refractivity contribution in [2.45, 2.75) is 25.2 Å². The van der Waals surface area contributed by atoms with Gasteiger partial charge in [-0.15, -0.1) is 0 Å². The Hall–Kier alpha value is -3.21.